The van der Waals surface area contributed by atoms with Gasteiger partial charge in [-0.1, -0.05) is 24.4 Å². The largest absolute Gasteiger partial charge is 0.360 e. The molecule has 1 aromatic heterocycles. The van der Waals surface area contributed by atoms with Gasteiger partial charge in [-0.15, -0.1) is 0 Å². The number of hydrogen-bond donors (Lipinski definition) is 1. The zero-order valence-corrected chi connectivity index (χ0v) is 15.0. The van der Waals surface area contributed by atoms with Crippen LogP contribution in [0.4, 0.5) is 5.82 Å². The van der Waals surface area contributed by atoms with Crippen LogP contribution in [0.25, 0.3) is 0 Å². The van der Waals surface area contributed by atoms with Gasteiger partial charge in [0.1, 0.15) is 5.76 Å². The van der Waals surface area contributed by atoms with Crippen molar-refractivity contribution >= 4 is 17.6 Å². The lowest BCUT2D eigenvalue weighted by Crippen LogP contribution is -2.49. The number of rotatable bonds is 6. The highest BCUT2D eigenvalue weighted by atomic mass is 16.5. The van der Waals surface area contributed by atoms with Gasteiger partial charge < -0.3 is 14.7 Å². The number of likely N-dealkylation sites (N-methyl/N-ethyl adjacent to an activating group) is 2. The van der Waals surface area contributed by atoms with Crippen molar-refractivity contribution in [3.05, 3.63) is 11.8 Å². The summed E-state index contributed by atoms with van der Waals surface area (Å²) in [5.41, 5.74) is 0. The Morgan fingerprint density at radius 3 is 2.58 bits per heavy atom. The van der Waals surface area contributed by atoms with Gasteiger partial charge in [0.2, 0.25) is 11.8 Å². The van der Waals surface area contributed by atoms with E-state index >= 15 is 0 Å². The van der Waals surface area contributed by atoms with E-state index in [0.717, 1.165) is 12.8 Å². The van der Waals surface area contributed by atoms with Crippen LogP contribution in [0, 0.1) is 6.92 Å². The van der Waals surface area contributed by atoms with Gasteiger partial charge >= 0.3 is 0 Å². The number of nitrogens with zero attached hydrogens (tertiary/aromatic N) is 3. The molecule has 2 rings (SSSR count). The Morgan fingerprint density at radius 2 is 2.00 bits per heavy atom. The second-order valence-corrected chi connectivity index (χ2v) is 6.70. The molecule has 0 spiro atoms. The van der Waals surface area contributed by atoms with E-state index in [4.69, 9.17) is 4.52 Å². The first-order valence-electron chi connectivity index (χ1n) is 8.58. The molecular weight excluding hydrogens is 308 g/mol. The first-order valence-corrected chi connectivity index (χ1v) is 8.58. The molecule has 24 heavy (non-hydrogen) atoms. The van der Waals surface area contributed by atoms with Gasteiger partial charge in [0, 0.05) is 19.2 Å². The van der Waals surface area contributed by atoms with Crippen LogP contribution in [0.5, 0.6) is 0 Å². The van der Waals surface area contributed by atoms with Crippen LogP contribution in [0.3, 0.4) is 0 Å². The van der Waals surface area contributed by atoms with E-state index in [1.807, 2.05) is 18.9 Å². The summed E-state index contributed by atoms with van der Waals surface area (Å²) < 4.78 is 4.92. The van der Waals surface area contributed by atoms with E-state index in [0.29, 0.717) is 17.6 Å². The summed E-state index contributed by atoms with van der Waals surface area (Å²) in [7, 11) is 3.66. The summed E-state index contributed by atoms with van der Waals surface area (Å²) in [6.45, 7) is 3.73. The molecule has 1 aromatic rings. The number of amides is 2. The Kier molecular flexibility index (Phi) is 6.36. The van der Waals surface area contributed by atoms with Crippen LogP contribution < -0.4 is 5.32 Å². The smallest absolute Gasteiger partial charge is 0.239 e. The Hall–Kier alpha value is -1.89. The molecule has 0 bridgehead atoms. The maximum absolute atomic E-state index is 12.7. The van der Waals surface area contributed by atoms with Crippen LogP contribution >= 0.6 is 0 Å². The molecule has 1 aliphatic carbocycles. The van der Waals surface area contributed by atoms with Crippen molar-refractivity contribution in [3.63, 3.8) is 0 Å². The van der Waals surface area contributed by atoms with Gasteiger partial charge in [-0.3, -0.25) is 14.5 Å². The lowest BCUT2D eigenvalue weighted by molar-refractivity contribution is -0.137. The molecule has 1 saturated carbocycles. The molecule has 1 unspecified atom stereocenters. The molecule has 0 radical (unpaired) electrons. The number of anilines is 1. The molecule has 1 aliphatic rings. The van der Waals surface area contributed by atoms with Gasteiger partial charge in [-0.25, -0.2) is 0 Å². The van der Waals surface area contributed by atoms with Gasteiger partial charge in [0.05, 0.1) is 12.6 Å². The van der Waals surface area contributed by atoms with Crippen LogP contribution in [-0.2, 0) is 9.59 Å². The molecule has 134 valence electrons. The Labute approximate surface area is 143 Å². The highest BCUT2D eigenvalue weighted by Gasteiger charge is 2.28. The lowest BCUT2D eigenvalue weighted by atomic mass is 9.94. The molecule has 0 aromatic carbocycles. The minimum absolute atomic E-state index is 0.0643. The van der Waals surface area contributed by atoms with Crippen molar-refractivity contribution in [1.82, 2.24) is 15.0 Å². The highest BCUT2D eigenvalue weighted by molar-refractivity contribution is 5.92. The number of aromatic nitrogens is 1. The summed E-state index contributed by atoms with van der Waals surface area (Å²) >= 11 is 0. The predicted molar refractivity (Wildman–Crippen MR) is 91.6 cm³/mol. The zero-order chi connectivity index (χ0) is 17.7. The van der Waals surface area contributed by atoms with Crippen molar-refractivity contribution in [1.29, 1.82) is 0 Å². The summed E-state index contributed by atoms with van der Waals surface area (Å²) in [5.74, 6) is 0.876. The van der Waals surface area contributed by atoms with E-state index in [1.54, 1.807) is 24.9 Å². The quantitative estimate of drug-likeness (QED) is 0.860. The molecule has 0 saturated heterocycles. The van der Waals surface area contributed by atoms with Gasteiger partial charge in [0.25, 0.3) is 0 Å². The zero-order valence-electron chi connectivity index (χ0n) is 15.0. The molecule has 1 fully saturated rings. The molecular formula is C17H28N4O3. The molecule has 1 atom stereocenters. The van der Waals surface area contributed by atoms with E-state index in [2.05, 4.69) is 10.5 Å². The van der Waals surface area contributed by atoms with E-state index in [1.165, 1.54) is 19.3 Å². The Bertz CT molecular complexity index is 566. The number of carbonyl (C=O) groups excluding carboxylic acids is 2. The third-order valence-corrected chi connectivity index (χ3v) is 4.78. The molecule has 7 heteroatoms. The second-order valence-electron chi connectivity index (χ2n) is 6.70. The molecule has 1 heterocycles. The fourth-order valence-corrected chi connectivity index (χ4v) is 3.10. The monoisotopic (exact) mass is 336 g/mol. The summed E-state index contributed by atoms with van der Waals surface area (Å²) in [5, 5.41) is 6.40. The Morgan fingerprint density at radius 1 is 1.33 bits per heavy atom. The fourth-order valence-electron chi connectivity index (χ4n) is 3.10. The standard InChI is InChI=1S/C17H28N4O3/c1-12-10-15(19-24-12)18-16(22)11-20(3)13(2)17(23)21(4)14-8-6-5-7-9-14/h10,13-14H,5-9,11H2,1-4H3,(H,18,19,22). The molecule has 1 N–H and O–H groups in total. The minimum atomic E-state index is -0.346. The SMILES string of the molecule is Cc1cc(NC(=O)CN(C)C(C)C(=O)N(C)C2CCCCC2)no1. The number of carbonyl (C=O) groups is 2. The fraction of sp³-hybridized carbons (Fsp3) is 0.706. The van der Waals surface area contributed by atoms with Crippen LogP contribution in [0.15, 0.2) is 10.6 Å². The lowest BCUT2D eigenvalue weighted by Gasteiger charge is -2.35. The highest BCUT2D eigenvalue weighted by Crippen LogP contribution is 2.22. The number of aryl methyl sites for hydroxylation is 1. The molecule has 7 nitrogen and oxygen atoms in total. The third kappa shape index (κ3) is 4.80. The normalized spacial score (nSPS) is 16.9. The first-order chi connectivity index (χ1) is 11.4. The summed E-state index contributed by atoms with van der Waals surface area (Å²) in [6, 6.07) is 1.64. The second kappa shape index (κ2) is 8.28. The van der Waals surface area contributed by atoms with Gasteiger partial charge in [-0.2, -0.15) is 0 Å². The summed E-state index contributed by atoms with van der Waals surface area (Å²) in [6.07, 6.45) is 5.78. The maximum atomic E-state index is 12.7. The average molecular weight is 336 g/mol. The van der Waals surface area contributed by atoms with Crippen LogP contribution in [-0.4, -0.2) is 59.5 Å². The van der Waals surface area contributed by atoms with Gasteiger partial charge in [-0.05, 0) is 33.7 Å². The van der Waals surface area contributed by atoms with Gasteiger partial charge in [0.15, 0.2) is 5.82 Å². The van der Waals surface area contributed by atoms with Crippen LogP contribution in [0.1, 0.15) is 44.8 Å². The molecule has 2 amide bonds. The van der Waals surface area contributed by atoms with Crippen LogP contribution in [0.2, 0.25) is 0 Å². The van der Waals surface area contributed by atoms with E-state index < -0.39 is 0 Å². The Balaban J connectivity index is 1.84. The summed E-state index contributed by atoms with van der Waals surface area (Å²) in [4.78, 5) is 28.3. The third-order valence-electron chi connectivity index (χ3n) is 4.78. The van der Waals surface area contributed by atoms with Crippen molar-refractivity contribution in [2.45, 2.75) is 58.0 Å². The van der Waals surface area contributed by atoms with Crippen molar-refractivity contribution in [3.8, 4) is 0 Å². The van der Waals surface area contributed by atoms with E-state index in [9.17, 15) is 9.59 Å². The molecule has 0 aliphatic heterocycles. The number of hydrogen-bond acceptors (Lipinski definition) is 5. The van der Waals surface area contributed by atoms with E-state index in [-0.39, 0.29) is 24.4 Å². The topological polar surface area (TPSA) is 78.7 Å². The predicted octanol–water partition coefficient (Wildman–Crippen LogP) is 2.03. The van der Waals surface area contributed by atoms with Crippen molar-refractivity contribution < 1.29 is 14.1 Å². The average Bonchev–Trinajstić information content (AvgIpc) is 2.98. The first kappa shape index (κ1) is 18.4. The maximum Gasteiger partial charge on any atom is 0.239 e. The number of nitrogens with one attached hydrogen (secondary N) is 1. The van der Waals surface area contributed by atoms with Crippen molar-refractivity contribution in [2.75, 3.05) is 26.0 Å². The minimum Gasteiger partial charge on any atom is -0.360 e. The van der Waals surface area contributed by atoms with Crippen molar-refractivity contribution in [2.24, 2.45) is 0 Å².